The van der Waals surface area contributed by atoms with Crippen LogP contribution in [0, 0.1) is 0 Å². The molecule has 108 valence electrons. The molecule has 0 amide bonds. The average molecular weight is 316 g/mol. The van der Waals surface area contributed by atoms with Crippen LogP contribution in [-0.2, 0) is 4.74 Å². The van der Waals surface area contributed by atoms with Gasteiger partial charge >= 0.3 is 6.18 Å². The minimum absolute atomic E-state index is 0.0258. The predicted molar refractivity (Wildman–Crippen MR) is 69.8 cm³/mol. The van der Waals surface area contributed by atoms with E-state index in [4.69, 9.17) is 23.2 Å². The zero-order chi connectivity index (χ0) is 14.5. The molecule has 0 bridgehead atoms. The molecule has 1 aromatic carbocycles. The van der Waals surface area contributed by atoms with Crippen LogP contribution in [0.1, 0.15) is 18.5 Å². The van der Waals surface area contributed by atoms with Crippen LogP contribution in [0.25, 0.3) is 0 Å². The third-order valence-corrected chi connectivity index (χ3v) is 2.97. The molecule has 1 unspecified atom stereocenters. The van der Waals surface area contributed by atoms with Crippen LogP contribution >= 0.6 is 23.2 Å². The van der Waals surface area contributed by atoms with Crippen molar-refractivity contribution in [3.05, 3.63) is 33.8 Å². The largest absolute Gasteiger partial charge is 0.411 e. The smallest absolute Gasteiger partial charge is 0.371 e. The standard InChI is InChI=1S/C12H14Cl2F3NO/c1-8(10-6-9(13)2-3-11(10)14)18-4-5-19-7-12(15,16)17/h2-3,6,8,18H,4-5,7H2,1H3. The predicted octanol–water partition coefficient (Wildman–Crippen LogP) is 4.22. The van der Waals surface area contributed by atoms with Gasteiger partial charge in [0.05, 0.1) is 6.61 Å². The van der Waals surface area contributed by atoms with Crippen LogP contribution < -0.4 is 5.32 Å². The van der Waals surface area contributed by atoms with Crippen molar-refractivity contribution in [3.63, 3.8) is 0 Å². The molecule has 0 saturated heterocycles. The Morgan fingerprint density at radius 2 is 2.00 bits per heavy atom. The van der Waals surface area contributed by atoms with E-state index >= 15 is 0 Å². The number of nitrogens with one attached hydrogen (secondary N) is 1. The number of ether oxygens (including phenoxy) is 1. The Hall–Kier alpha value is -0.490. The molecule has 1 rings (SSSR count). The Morgan fingerprint density at radius 3 is 2.63 bits per heavy atom. The summed E-state index contributed by atoms with van der Waals surface area (Å²) in [4.78, 5) is 0. The van der Waals surface area contributed by atoms with Gasteiger partial charge < -0.3 is 10.1 Å². The molecular formula is C12H14Cl2F3NO. The van der Waals surface area contributed by atoms with Crippen LogP contribution in [0.15, 0.2) is 18.2 Å². The molecule has 0 aliphatic heterocycles. The summed E-state index contributed by atoms with van der Waals surface area (Å²) in [6.07, 6.45) is -4.29. The summed E-state index contributed by atoms with van der Waals surface area (Å²) in [5.41, 5.74) is 0.796. The maximum Gasteiger partial charge on any atom is 0.411 e. The second kappa shape index (κ2) is 7.33. The van der Waals surface area contributed by atoms with Crippen LogP contribution in [0.3, 0.4) is 0 Å². The monoisotopic (exact) mass is 315 g/mol. The number of alkyl halides is 3. The number of rotatable bonds is 6. The summed E-state index contributed by atoms with van der Waals surface area (Å²) in [5, 5.41) is 4.13. The average Bonchev–Trinajstić information content (AvgIpc) is 2.30. The summed E-state index contributed by atoms with van der Waals surface area (Å²) in [6.45, 7) is 0.879. The Labute approximate surface area is 119 Å². The maximum absolute atomic E-state index is 11.8. The van der Waals surface area contributed by atoms with Crippen molar-refractivity contribution in [2.75, 3.05) is 19.8 Å². The molecule has 1 aromatic rings. The third kappa shape index (κ3) is 6.47. The van der Waals surface area contributed by atoms with Crippen LogP contribution in [0.2, 0.25) is 10.0 Å². The van der Waals surface area contributed by atoms with Gasteiger partial charge in [0.2, 0.25) is 0 Å². The highest BCUT2D eigenvalue weighted by Gasteiger charge is 2.27. The lowest BCUT2D eigenvalue weighted by Gasteiger charge is -2.16. The quantitative estimate of drug-likeness (QED) is 0.793. The lowest BCUT2D eigenvalue weighted by Crippen LogP contribution is -2.26. The molecule has 0 spiro atoms. The minimum atomic E-state index is -4.29. The van der Waals surface area contributed by atoms with Gasteiger partial charge in [-0.3, -0.25) is 0 Å². The van der Waals surface area contributed by atoms with Gasteiger partial charge in [-0.05, 0) is 30.7 Å². The molecule has 7 heteroatoms. The van der Waals surface area contributed by atoms with Crippen LogP contribution in [0.4, 0.5) is 13.2 Å². The van der Waals surface area contributed by atoms with Crippen molar-refractivity contribution in [1.29, 1.82) is 0 Å². The lowest BCUT2D eigenvalue weighted by atomic mass is 10.1. The Morgan fingerprint density at radius 1 is 1.32 bits per heavy atom. The van der Waals surface area contributed by atoms with E-state index in [0.717, 1.165) is 5.56 Å². The number of hydrogen-bond acceptors (Lipinski definition) is 2. The molecule has 1 N–H and O–H groups in total. The fourth-order valence-electron chi connectivity index (χ4n) is 1.49. The van der Waals surface area contributed by atoms with Crippen molar-refractivity contribution in [1.82, 2.24) is 5.32 Å². The molecule has 1 atom stereocenters. The van der Waals surface area contributed by atoms with Crippen LogP contribution in [0.5, 0.6) is 0 Å². The third-order valence-electron chi connectivity index (χ3n) is 2.39. The van der Waals surface area contributed by atoms with Crippen molar-refractivity contribution in [2.24, 2.45) is 0 Å². The second-order valence-corrected chi connectivity index (χ2v) is 4.85. The zero-order valence-corrected chi connectivity index (χ0v) is 11.7. The Bertz CT molecular complexity index is 412. The topological polar surface area (TPSA) is 21.3 Å². The van der Waals surface area contributed by atoms with E-state index in [9.17, 15) is 13.2 Å². The van der Waals surface area contributed by atoms with Gasteiger partial charge in [0.15, 0.2) is 0 Å². The number of halogens is 5. The summed E-state index contributed by atoms with van der Waals surface area (Å²) < 4.78 is 40.0. The van der Waals surface area contributed by atoms with Crippen molar-refractivity contribution >= 4 is 23.2 Å². The van der Waals surface area contributed by atoms with Crippen molar-refractivity contribution in [3.8, 4) is 0 Å². The van der Waals surface area contributed by atoms with E-state index in [2.05, 4.69) is 10.1 Å². The first-order valence-corrected chi connectivity index (χ1v) is 6.38. The molecule has 2 nitrogen and oxygen atoms in total. The fraction of sp³-hybridized carbons (Fsp3) is 0.500. The van der Waals surface area contributed by atoms with Gasteiger partial charge in [0.1, 0.15) is 6.61 Å². The highest BCUT2D eigenvalue weighted by atomic mass is 35.5. The lowest BCUT2D eigenvalue weighted by molar-refractivity contribution is -0.173. The van der Waals surface area contributed by atoms with Gasteiger partial charge in [-0.25, -0.2) is 0 Å². The minimum Gasteiger partial charge on any atom is -0.371 e. The Kier molecular flexibility index (Phi) is 6.39. The van der Waals surface area contributed by atoms with Crippen LogP contribution in [-0.4, -0.2) is 25.9 Å². The first kappa shape index (κ1) is 16.6. The van der Waals surface area contributed by atoms with Crippen molar-refractivity contribution in [2.45, 2.75) is 19.1 Å². The van der Waals surface area contributed by atoms with E-state index in [-0.39, 0.29) is 12.6 Å². The maximum atomic E-state index is 11.8. The first-order chi connectivity index (χ1) is 8.79. The first-order valence-electron chi connectivity index (χ1n) is 5.62. The molecule has 0 fully saturated rings. The van der Waals surface area contributed by atoms with Gasteiger partial charge in [0, 0.05) is 22.6 Å². The zero-order valence-electron chi connectivity index (χ0n) is 10.2. The molecule has 0 saturated carbocycles. The summed E-state index contributed by atoms with van der Waals surface area (Å²) in [6, 6.07) is 4.95. The summed E-state index contributed by atoms with van der Waals surface area (Å²) in [7, 11) is 0. The van der Waals surface area contributed by atoms with E-state index in [1.54, 1.807) is 18.2 Å². The second-order valence-electron chi connectivity index (χ2n) is 4.01. The molecule has 19 heavy (non-hydrogen) atoms. The van der Waals surface area contributed by atoms with Gasteiger partial charge in [-0.15, -0.1) is 0 Å². The Balaban J connectivity index is 2.35. The fourth-order valence-corrected chi connectivity index (χ4v) is 1.95. The highest BCUT2D eigenvalue weighted by molar-refractivity contribution is 6.33. The molecular weight excluding hydrogens is 302 g/mol. The van der Waals surface area contributed by atoms with E-state index in [1.165, 1.54) is 0 Å². The SMILES string of the molecule is CC(NCCOCC(F)(F)F)c1cc(Cl)ccc1Cl. The van der Waals surface area contributed by atoms with E-state index in [1.807, 2.05) is 6.92 Å². The highest BCUT2D eigenvalue weighted by Crippen LogP contribution is 2.25. The number of hydrogen-bond donors (Lipinski definition) is 1. The molecule has 0 aromatic heterocycles. The van der Waals surface area contributed by atoms with Gasteiger partial charge in [-0.1, -0.05) is 23.2 Å². The van der Waals surface area contributed by atoms with Gasteiger partial charge in [-0.2, -0.15) is 13.2 Å². The number of benzene rings is 1. The van der Waals surface area contributed by atoms with Crippen molar-refractivity contribution < 1.29 is 17.9 Å². The van der Waals surface area contributed by atoms with E-state index < -0.39 is 12.8 Å². The molecule has 0 aliphatic rings. The molecule has 0 aliphatic carbocycles. The van der Waals surface area contributed by atoms with E-state index in [0.29, 0.717) is 16.6 Å². The summed E-state index contributed by atoms with van der Waals surface area (Å²) >= 11 is 11.9. The molecule has 0 radical (unpaired) electrons. The summed E-state index contributed by atoms with van der Waals surface area (Å²) in [5.74, 6) is 0. The normalized spacial score (nSPS) is 13.6. The van der Waals surface area contributed by atoms with Gasteiger partial charge in [0.25, 0.3) is 0 Å². The molecule has 0 heterocycles.